The highest BCUT2D eigenvalue weighted by molar-refractivity contribution is 5.29. The fourth-order valence-electron chi connectivity index (χ4n) is 2.81. The molecule has 2 heterocycles. The molecule has 2 rings (SSSR count). The highest BCUT2D eigenvalue weighted by atomic mass is 16.5. The Hall–Kier alpha value is -1.15. The molecule has 1 fully saturated rings. The summed E-state index contributed by atoms with van der Waals surface area (Å²) in [5.41, 5.74) is 4.00. The molecule has 0 aromatic carbocycles. The summed E-state index contributed by atoms with van der Waals surface area (Å²) in [6.45, 7) is 3.31. The predicted molar refractivity (Wildman–Crippen MR) is 80.9 cm³/mol. The Morgan fingerprint density at radius 2 is 2.24 bits per heavy atom. The second kappa shape index (κ2) is 7.74. The van der Waals surface area contributed by atoms with E-state index in [0.29, 0.717) is 5.92 Å². The number of methoxy groups -OCH3 is 1. The lowest BCUT2D eigenvalue weighted by molar-refractivity contribution is 0.0520. The Bertz CT molecular complexity index is 429. The van der Waals surface area contributed by atoms with Gasteiger partial charge in [-0.2, -0.15) is 5.10 Å². The zero-order valence-corrected chi connectivity index (χ0v) is 13.2. The molecule has 7 heteroatoms. The minimum absolute atomic E-state index is 0.0357. The molecule has 120 valence electrons. The minimum atomic E-state index is 0.0357. The Morgan fingerprint density at radius 3 is 2.81 bits per heavy atom. The number of hydrazine groups is 1. The summed E-state index contributed by atoms with van der Waals surface area (Å²) >= 11 is 0. The van der Waals surface area contributed by atoms with Gasteiger partial charge in [-0.15, -0.1) is 0 Å². The lowest BCUT2D eigenvalue weighted by atomic mass is 9.89. The topological polar surface area (TPSA) is 77.6 Å². The number of nitrogens with zero attached hydrogens (tertiary/aromatic N) is 3. The van der Waals surface area contributed by atoms with Gasteiger partial charge in [0.15, 0.2) is 5.75 Å². The number of hydrogen-bond acceptors (Lipinski definition) is 6. The van der Waals surface area contributed by atoms with Crippen molar-refractivity contribution in [1.29, 1.82) is 0 Å². The van der Waals surface area contributed by atoms with Crippen LogP contribution < -0.4 is 16.0 Å². The van der Waals surface area contributed by atoms with Crippen molar-refractivity contribution < 1.29 is 9.47 Å². The molecule has 1 aromatic rings. The molecule has 7 nitrogen and oxygen atoms in total. The van der Waals surface area contributed by atoms with Crippen molar-refractivity contribution in [2.45, 2.75) is 25.4 Å². The van der Waals surface area contributed by atoms with E-state index in [0.717, 1.165) is 50.6 Å². The fourth-order valence-corrected chi connectivity index (χ4v) is 2.81. The van der Waals surface area contributed by atoms with Crippen molar-refractivity contribution in [2.24, 2.45) is 11.8 Å². The van der Waals surface area contributed by atoms with Gasteiger partial charge in [-0.05, 0) is 32.9 Å². The molecular formula is C14H27N5O2. The van der Waals surface area contributed by atoms with Gasteiger partial charge in [-0.1, -0.05) is 0 Å². The maximum atomic E-state index is 5.85. The highest BCUT2D eigenvalue weighted by Gasteiger charge is 2.30. The number of rotatable bonds is 7. The van der Waals surface area contributed by atoms with Crippen LogP contribution in [0.4, 0.5) is 0 Å². The van der Waals surface area contributed by atoms with Crippen LogP contribution in [0.1, 0.15) is 24.6 Å². The lowest BCUT2D eigenvalue weighted by Crippen LogP contribution is -2.38. The quantitative estimate of drug-likeness (QED) is 0.560. The molecule has 1 aliphatic rings. The van der Waals surface area contributed by atoms with Gasteiger partial charge in [0, 0.05) is 19.8 Å². The van der Waals surface area contributed by atoms with Crippen molar-refractivity contribution >= 4 is 0 Å². The van der Waals surface area contributed by atoms with E-state index in [2.05, 4.69) is 29.5 Å². The normalized spacial score (nSPS) is 18.1. The van der Waals surface area contributed by atoms with Gasteiger partial charge in [-0.3, -0.25) is 16.0 Å². The first kappa shape index (κ1) is 16.2. The molecule has 1 aromatic heterocycles. The molecule has 3 N–H and O–H groups in total. The van der Waals surface area contributed by atoms with Crippen LogP contribution in [-0.2, 0) is 11.3 Å². The Labute approximate surface area is 126 Å². The van der Waals surface area contributed by atoms with E-state index >= 15 is 0 Å². The molecule has 1 atom stereocenters. The van der Waals surface area contributed by atoms with Crippen molar-refractivity contribution in [3.8, 4) is 5.75 Å². The molecule has 0 amide bonds. The third-order valence-corrected chi connectivity index (χ3v) is 4.04. The molecule has 1 saturated heterocycles. The van der Waals surface area contributed by atoms with E-state index in [1.54, 1.807) is 13.3 Å². The van der Waals surface area contributed by atoms with E-state index in [1.807, 2.05) is 4.68 Å². The molecule has 0 spiro atoms. The number of likely N-dealkylation sites (N-methyl/N-ethyl adjacent to an activating group) is 1. The molecule has 0 saturated carbocycles. The molecule has 1 aliphatic heterocycles. The summed E-state index contributed by atoms with van der Waals surface area (Å²) < 4.78 is 12.9. The summed E-state index contributed by atoms with van der Waals surface area (Å²) in [4.78, 5) is 2.14. The van der Waals surface area contributed by atoms with E-state index < -0.39 is 0 Å². The third-order valence-electron chi connectivity index (χ3n) is 4.04. The fraction of sp³-hybridized carbons (Fsp3) is 0.786. The maximum absolute atomic E-state index is 5.85. The Balaban J connectivity index is 2.22. The zero-order chi connectivity index (χ0) is 15.2. The molecule has 0 radical (unpaired) electrons. The first-order valence-corrected chi connectivity index (χ1v) is 7.45. The number of ether oxygens (including phenoxy) is 2. The molecule has 0 aliphatic carbocycles. The second-order valence-corrected chi connectivity index (χ2v) is 5.72. The maximum Gasteiger partial charge on any atom is 0.161 e. The summed E-state index contributed by atoms with van der Waals surface area (Å²) in [6, 6.07) is 0.0357. The van der Waals surface area contributed by atoms with Gasteiger partial charge in [0.1, 0.15) is 0 Å². The summed E-state index contributed by atoms with van der Waals surface area (Å²) in [5.74, 6) is 7.08. The van der Waals surface area contributed by atoms with Crippen LogP contribution in [0.15, 0.2) is 6.20 Å². The number of nitrogens with one attached hydrogen (secondary N) is 1. The molecule has 1 unspecified atom stereocenters. The van der Waals surface area contributed by atoms with Crippen molar-refractivity contribution in [2.75, 3.05) is 41.0 Å². The summed E-state index contributed by atoms with van der Waals surface area (Å²) in [6.07, 6.45) is 3.77. The average Bonchev–Trinajstić information content (AvgIpc) is 2.90. The van der Waals surface area contributed by atoms with E-state index in [1.165, 1.54) is 0 Å². The van der Waals surface area contributed by atoms with E-state index in [4.69, 9.17) is 15.3 Å². The monoisotopic (exact) mass is 297 g/mol. The van der Waals surface area contributed by atoms with Gasteiger partial charge in [-0.25, -0.2) is 0 Å². The average molecular weight is 297 g/mol. The van der Waals surface area contributed by atoms with Crippen LogP contribution in [0.25, 0.3) is 0 Å². The Kier molecular flexibility index (Phi) is 5.98. The van der Waals surface area contributed by atoms with Crippen LogP contribution in [-0.4, -0.2) is 55.6 Å². The summed E-state index contributed by atoms with van der Waals surface area (Å²) in [5, 5.41) is 4.46. The smallest absolute Gasteiger partial charge is 0.161 e. The van der Waals surface area contributed by atoms with Gasteiger partial charge in [0.2, 0.25) is 0 Å². The van der Waals surface area contributed by atoms with Crippen molar-refractivity contribution in [3.63, 3.8) is 0 Å². The first-order chi connectivity index (χ1) is 10.2. The SMILES string of the molecule is COc1cnn(CCN(C)C)c1C(NN)C1CCOCC1. The predicted octanol–water partition coefficient (Wildman–Crippen LogP) is 0.384. The zero-order valence-electron chi connectivity index (χ0n) is 13.2. The number of nitrogens with two attached hydrogens (primary N) is 1. The van der Waals surface area contributed by atoms with Gasteiger partial charge >= 0.3 is 0 Å². The third kappa shape index (κ3) is 3.94. The van der Waals surface area contributed by atoms with Crippen LogP contribution in [0.5, 0.6) is 5.75 Å². The van der Waals surface area contributed by atoms with E-state index in [9.17, 15) is 0 Å². The minimum Gasteiger partial charge on any atom is -0.493 e. The van der Waals surface area contributed by atoms with Gasteiger partial charge < -0.3 is 14.4 Å². The number of aromatic nitrogens is 2. The van der Waals surface area contributed by atoms with Crippen LogP contribution in [0.2, 0.25) is 0 Å². The highest BCUT2D eigenvalue weighted by Crippen LogP contribution is 2.34. The van der Waals surface area contributed by atoms with E-state index in [-0.39, 0.29) is 6.04 Å². The van der Waals surface area contributed by atoms with Gasteiger partial charge in [0.05, 0.1) is 31.6 Å². The molecule has 0 bridgehead atoms. The first-order valence-electron chi connectivity index (χ1n) is 7.45. The Morgan fingerprint density at radius 1 is 1.52 bits per heavy atom. The molecule has 21 heavy (non-hydrogen) atoms. The van der Waals surface area contributed by atoms with Gasteiger partial charge in [0.25, 0.3) is 0 Å². The lowest BCUT2D eigenvalue weighted by Gasteiger charge is -2.30. The van der Waals surface area contributed by atoms with Crippen LogP contribution in [0.3, 0.4) is 0 Å². The largest absolute Gasteiger partial charge is 0.493 e. The van der Waals surface area contributed by atoms with Crippen LogP contribution >= 0.6 is 0 Å². The number of hydrogen-bond donors (Lipinski definition) is 2. The van der Waals surface area contributed by atoms with Crippen molar-refractivity contribution in [1.82, 2.24) is 20.1 Å². The van der Waals surface area contributed by atoms with Crippen LogP contribution in [0, 0.1) is 5.92 Å². The molecular weight excluding hydrogens is 270 g/mol. The second-order valence-electron chi connectivity index (χ2n) is 5.72. The van der Waals surface area contributed by atoms with Crippen molar-refractivity contribution in [3.05, 3.63) is 11.9 Å². The standard InChI is InChI=1S/C14H27N5O2/c1-18(2)6-7-19-14(12(20-3)10-16-19)13(17-15)11-4-8-21-9-5-11/h10-11,13,17H,4-9,15H2,1-3H3. The summed E-state index contributed by atoms with van der Waals surface area (Å²) in [7, 11) is 5.78.